The zero-order valence-corrected chi connectivity index (χ0v) is 20.7. The zero-order chi connectivity index (χ0) is 26.1. The number of carbonyl (C=O) groups is 2. The SMILES string of the molecule is CCOC(=O)CN(CC(=O)Nc1cccc(C(N)=NC2CCN(C(C)=N)CC2)c1)c1ccccc1O. The number of benzene rings is 2. The largest absolute Gasteiger partial charge is 0.506 e. The number of nitrogens with two attached hydrogens (primary N) is 1. The van der Waals surface area contributed by atoms with Crippen LogP contribution in [0.5, 0.6) is 5.75 Å². The van der Waals surface area contributed by atoms with Crippen molar-refractivity contribution in [2.45, 2.75) is 32.7 Å². The number of aliphatic imine (C=N–C) groups is 1. The van der Waals surface area contributed by atoms with Gasteiger partial charge in [-0.25, -0.2) is 0 Å². The van der Waals surface area contributed by atoms with Crippen LogP contribution in [-0.2, 0) is 14.3 Å². The van der Waals surface area contributed by atoms with Crippen molar-refractivity contribution in [1.82, 2.24) is 4.90 Å². The van der Waals surface area contributed by atoms with E-state index < -0.39 is 5.97 Å². The zero-order valence-electron chi connectivity index (χ0n) is 20.7. The van der Waals surface area contributed by atoms with E-state index in [0.717, 1.165) is 25.9 Å². The Balaban J connectivity index is 1.67. The number of phenolic OH excluding ortho intramolecular Hbond substituents is 1. The number of amidine groups is 2. The summed E-state index contributed by atoms with van der Waals surface area (Å²) < 4.78 is 5.02. The van der Waals surface area contributed by atoms with Gasteiger partial charge < -0.3 is 30.7 Å². The van der Waals surface area contributed by atoms with Crippen molar-refractivity contribution in [2.24, 2.45) is 10.7 Å². The van der Waals surface area contributed by atoms with Crippen LogP contribution >= 0.6 is 0 Å². The molecule has 0 radical (unpaired) electrons. The molecule has 0 aromatic heterocycles. The van der Waals surface area contributed by atoms with Crippen LogP contribution in [-0.4, -0.2) is 72.4 Å². The minimum Gasteiger partial charge on any atom is -0.506 e. The summed E-state index contributed by atoms with van der Waals surface area (Å²) in [5.41, 5.74) is 7.86. The fraction of sp³-hybridized carbons (Fsp3) is 0.385. The molecule has 1 aliphatic heterocycles. The van der Waals surface area contributed by atoms with Crippen molar-refractivity contribution in [2.75, 3.05) is 43.0 Å². The standard InChI is InChI=1S/C26H34N6O4/c1-3-36-25(35)17-32(22-9-4-5-10-23(22)33)16-24(34)29-21-8-6-7-19(15-21)26(28)30-20-11-13-31(14-12-20)18(2)27/h4-10,15,20,27,33H,3,11-14,16-17H2,1-2H3,(H2,28,30)(H,29,34). The maximum absolute atomic E-state index is 12.9. The van der Waals surface area contributed by atoms with E-state index in [1.54, 1.807) is 50.2 Å². The number of carbonyl (C=O) groups excluding carboxylic acids is 2. The number of rotatable bonds is 9. The van der Waals surface area contributed by atoms with Crippen molar-refractivity contribution < 1.29 is 19.4 Å². The molecule has 192 valence electrons. The van der Waals surface area contributed by atoms with Crippen molar-refractivity contribution in [3.63, 3.8) is 0 Å². The Morgan fingerprint density at radius 2 is 1.92 bits per heavy atom. The molecule has 0 atom stereocenters. The summed E-state index contributed by atoms with van der Waals surface area (Å²) in [5.74, 6) is 0.0550. The molecule has 0 saturated carbocycles. The lowest BCUT2D eigenvalue weighted by Crippen LogP contribution is -2.38. The quantitative estimate of drug-likeness (QED) is 0.238. The second kappa shape index (κ2) is 12.6. The number of ether oxygens (including phenoxy) is 1. The lowest BCUT2D eigenvalue weighted by Gasteiger charge is -2.31. The smallest absolute Gasteiger partial charge is 0.325 e. The van der Waals surface area contributed by atoms with Gasteiger partial charge in [-0.15, -0.1) is 0 Å². The molecule has 10 heteroatoms. The molecule has 5 N–H and O–H groups in total. The van der Waals surface area contributed by atoms with Gasteiger partial charge in [0.25, 0.3) is 0 Å². The number of anilines is 2. The Kier molecular flexibility index (Phi) is 9.26. The molecule has 1 amide bonds. The van der Waals surface area contributed by atoms with E-state index in [0.29, 0.717) is 28.6 Å². The number of aromatic hydroxyl groups is 1. The first-order valence-electron chi connectivity index (χ1n) is 12.0. The molecule has 0 bridgehead atoms. The fourth-order valence-corrected chi connectivity index (χ4v) is 4.05. The second-order valence-electron chi connectivity index (χ2n) is 8.60. The van der Waals surface area contributed by atoms with Gasteiger partial charge in [0.2, 0.25) is 5.91 Å². The summed E-state index contributed by atoms with van der Waals surface area (Å²) >= 11 is 0. The van der Waals surface area contributed by atoms with E-state index in [-0.39, 0.29) is 37.4 Å². The number of hydrogen-bond acceptors (Lipinski definition) is 7. The molecule has 1 saturated heterocycles. The predicted octanol–water partition coefficient (Wildman–Crippen LogP) is 2.57. The first-order chi connectivity index (χ1) is 17.3. The van der Waals surface area contributed by atoms with Crippen LogP contribution in [0.2, 0.25) is 0 Å². The lowest BCUT2D eigenvalue weighted by molar-refractivity contribution is -0.141. The third-order valence-corrected chi connectivity index (χ3v) is 5.88. The Bertz CT molecular complexity index is 1110. The maximum Gasteiger partial charge on any atom is 0.325 e. The summed E-state index contributed by atoms with van der Waals surface area (Å²) in [6.45, 7) is 4.92. The van der Waals surface area contributed by atoms with Gasteiger partial charge in [-0.2, -0.15) is 0 Å². The highest BCUT2D eigenvalue weighted by atomic mass is 16.5. The minimum absolute atomic E-state index is 0.0396. The van der Waals surface area contributed by atoms with Gasteiger partial charge in [0, 0.05) is 24.3 Å². The van der Waals surface area contributed by atoms with Crippen LogP contribution < -0.4 is 16.0 Å². The molecule has 1 fully saturated rings. The molecule has 1 heterocycles. The molecule has 36 heavy (non-hydrogen) atoms. The Labute approximate surface area is 211 Å². The molecular formula is C26H34N6O4. The number of esters is 1. The first kappa shape index (κ1) is 26.5. The average Bonchev–Trinajstić information content (AvgIpc) is 2.84. The topological polar surface area (TPSA) is 144 Å². The maximum atomic E-state index is 12.9. The van der Waals surface area contributed by atoms with Gasteiger partial charge in [0.1, 0.15) is 18.1 Å². The lowest BCUT2D eigenvalue weighted by atomic mass is 10.1. The van der Waals surface area contributed by atoms with Gasteiger partial charge >= 0.3 is 5.97 Å². The van der Waals surface area contributed by atoms with Gasteiger partial charge in [0.05, 0.1) is 30.7 Å². The number of nitrogens with one attached hydrogen (secondary N) is 2. The Morgan fingerprint density at radius 1 is 1.19 bits per heavy atom. The van der Waals surface area contributed by atoms with Crippen molar-refractivity contribution >= 4 is 34.9 Å². The third kappa shape index (κ3) is 7.46. The van der Waals surface area contributed by atoms with Crippen LogP contribution in [0.4, 0.5) is 11.4 Å². The number of hydrogen-bond donors (Lipinski definition) is 4. The van der Waals surface area contributed by atoms with Crippen LogP contribution in [0.15, 0.2) is 53.5 Å². The van der Waals surface area contributed by atoms with E-state index in [1.807, 2.05) is 11.0 Å². The highest BCUT2D eigenvalue weighted by molar-refractivity contribution is 6.00. The predicted molar refractivity (Wildman–Crippen MR) is 141 cm³/mol. The summed E-state index contributed by atoms with van der Waals surface area (Å²) in [6.07, 6.45) is 1.66. The molecular weight excluding hydrogens is 460 g/mol. The van der Waals surface area contributed by atoms with Gasteiger partial charge in [0.15, 0.2) is 0 Å². The van der Waals surface area contributed by atoms with E-state index in [2.05, 4.69) is 10.3 Å². The summed E-state index contributed by atoms with van der Waals surface area (Å²) in [4.78, 5) is 33.1. The van der Waals surface area contributed by atoms with E-state index in [4.69, 9.17) is 15.9 Å². The van der Waals surface area contributed by atoms with Gasteiger partial charge in [-0.05, 0) is 51.0 Å². The van der Waals surface area contributed by atoms with E-state index in [9.17, 15) is 14.7 Å². The minimum atomic E-state index is -0.499. The molecule has 0 aliphatic carbocycles. The van der Waals surface area contributed by atoms with Crippen molar-refractivity contribution in [3.05, 3.63) is 54.1 Å². The highest BCUT2D eigenvalue weighted by Gasteiger charge is 2.20. The normalized spacial score (nSPS) is 14.3. The molecule has 1 aliphatic rings. The molecule has 3 rings (SSSR count). The number of phenols is 1. The number of para-hydroxylation sites is 2. The third-order valence-electron chi connectivity index (χ3n) is 5.88. The molecule has 0 unspecified atom stereocenters. The second-order valence-corrected chi connectivity index (χ2v) is 8.60. The first-order valence-corrected chi connectivity index (χ1v) is 12.0. The fourth-order valence-electron chi connectivity index (χ4n) is 4.05. The average molecular weight is 495 g/mol. The van der Waals surface area contributed by atoms with E-state index >= 15 is 0 Å². The monoisotopic (exact) mass is 494 g/mol. The number of amides is 1. The summed E-state index contributed by atoms with van der Waals surface area (Å²) in [7, 11) is 0. The molecule has 0 spiro atoms. The molecule has 10 nitrogen and oxygen atoms in total. The Morgan fingerprint density at radius 3 is 2.58 bits per heavy atom. The molecule has 2 aromatic rings. The van der Waals surface area contributed by atoms with Crippen LogP contribution in [0.25, 0.3) is 0 Å². The number of piperidine rings is 1. The highest BCUT2D eigenvalue weighted by Crippen LogP contribution is 2.26. The van der Waals surface area contributed by atoms with Crippen LogP contribution in [0.1, 0.15) is 32.3 Å². The van der Waals surface area contributed by atoms with Crippen molar-refractivity contribution in [3.8, 4) is 5.75 Å². The van der Waals surface area contributed by atoms with Crippen LogP contribution in [0.3, 0.4) is 0 Å². The Hall–Kier alpha value is -4.08. The molecule has 2 aromatic carbocycles. The summed E-state index contributed by atoms with van der Waals surface area (Å²) in [5, 5.41) is 20.8. The van der Waals surface area contributed by atoms with Gasteiger partial charge in [-0.1, -0.05) is 24.3 Å². The van der Waals surface area contributed by atoms with Gasteiger partial charge in [-0.3, -0.25) is 20.0 Å². The number of likely N-dealkylation sites (tertiary alicyclic amines) is 1. The van der Waals surface area contributed by atoms with E-state index in [1.165, 1.54) is 11.0 Å². The summed E-state index contributed by atoms with van der Waals surface area (Å²) in [6, 6.07) is 13.7. The number of nitrogens with zero attached hydrogens (tertiary/aromatic N) is 3. The van der Waals surface area contributed by atoms with Crippen molar-refractivity contribution in [1.29, 1.82) is 5.41 Å². The van der Waals surface area contributed by atoms with Crippen LogP contribution in [0, 0.1) is 5.41 Å².